The summed E-state index contributed by atoms with van der Waals surface area (Å²) in [4.78, 5) is 29.5. The van der Waals surface area contributed by atoms with E-state index in [1.807, 2.05) is 57.2 Å². The van der Waals surface area contributed by atoms with Crippen LogP contribution in [0.1, 0.15) is 41.2 Å². The van der Waals surface area contributed by atoms with Crippen molar-refractivity contribution in [2.45, 2.75) is 58.0 Å². The third kappa shape index (κ3) is 8.16. The van der Waals surface area contributed by atoms with Gasteiger partial charge in [0, 0.05) is 25.1 Å². The zero-order valence-corrected chi connectivity index (χ0v) is 27.0. The summed E-state index contributed by atoms with van der Waals surface area (Å²) in [5.74, 6) is -1.56. The number of hydrogen-bond acceptors (Lipinski definition) is 4. The van der Waals surface area contributed by atoms with Gasteiger partial charge in [0.25, 0.3) is 10.0 Å². The fourth-order valence-electron chi connectivity index (χ4n) is 5.09. The fourth-order valence-corrected chi connectivity index (χ4v) is 6.56. The minimum Gasteiger partial charge on any atom is -0.354 e. The highest BCUT2D eigenvalue weighted by Gasteiger charge is 2.35. The summed E-state index contributed by atoms with van der Waals surface area (Å²) in [7, 11) is -4.23. The molecule has 2 amide bonds. The summed E-state index contributed by atoms with van der Waals surface area (Å²) >= 11 is 0. The van der Waals surface area contributed by atoms with Gasteiger partial charge in [0.2, 0.25) is 11.8 Å². The average molecular weight is 630 g/mol. The van der Waals surface area contributed by atoms with Crippen molar-refractivity contribution in [2.75, 3.05) is 17.4 Å². The number of benzene rings is 4. The summed E-state index contributed by atoms with van der Waals surface area (Å²) in [6.07, 6.45) is 0.838. The van der Waals surface area contributed by atoms with E-state index in [0.29, 0.717) is 24.2 Å². The Morgan fingerprint density at radius 3 is 2.18 bits per heavy atom. The van der Waals surface area contributed by atoms with E-state index < -0.39 is 40.2 Å². The predicted molar refractivity (Wildman–Crippen MR) is 176 cm³/mol. The maximum Gasteiger partial charge on any atom is 0.264 e. The maximum absolute atomic E-state index is 15.0. The quantitative estimate of drug-likeness (QED) is 0.193. The number of aryl methyl sites for hydroxylation is 2. The monoisotopic (exact) mass is 629 g/mol. The van der Waals surface area contributed by atoms with Crippen molar-refractivity contribution in [3.8, 4) is 0 Å². The van der Waals surface area contributed by atoms with Crippen LogP contribution in [0.3, 0.4) is 0 Å². The Morgan fingerprint density at radius 2 is 1.51 bits per heavy atom. The number of amides is 2. The molecule has 1 N–H and O–H groups in total. The Bertz CT molecular complexity index is 1730. The Hall–Kier alpha value is -4.50. The van der Waals surface area contributed by atoms with Gasteiger partial charge in [-0.15, -0.1) is 0 Å². The second-order valence-corrected chi connectivity index (χ2v) is 13.0. The van der Waals surface area contributed by atoms with Crippen molar-refractivity contribution < 1.29 is 22.4 Å². The van der Waals surface area contributed by atoms with Crippen LogP contribution in [0.4, 0.5) is 10.1 Å². The topological polar surface area (TPSA) is 86.8 Å². The Kier molecular flexibility index (Phi) is 11.1. The molecule has 4 aromatic rings. The zero-order chi connectivity index (χ0) is 32.6. The average Bonchev–Trinajstić information content (AvgIpc) is 3.03. The first-order valence-corrected chi connectivity index (χ1v) is 16.5. The summed E-state index contributed by atoms with van der Waals surface area (Å²) in [5.41, 5.74) is 3.81. The van der Waals surface area contributed by atoms with E-state index in [9.17, 15) is 18.0 Å². The third-order valence-corrected chi connectivity index (χ3v) is 9.63. The van der Waals surface area contributed by atoms with Gasteiger partial charge in [-0.05, 0) is 68.1 Å². The van der Waals surface area contributed by atoms with Crippen molar-refractivity contribution in [1.29, 1.82) is 0 Å². The van der Waals surface area contributed by atoms with E-state index >= 15 is 4.39 Å². The van der Waals surface area contributed by atoms with Crippen LogP contribution in [0.25, 0.3) is 0 Å². The first-order valence-electron chi connectivity index (χ1n) is 15.0. The molecule has 0 radical (unpaired) electrons. The number of rotatable bonds is 13. The molecule has 0 aromatic heterocycles. The van der Waals surface area contributed by atoms with Gasteiger partial charge in [-0.1, -0.05) is 85.3 Å². The SMILES string of the molecule is CCCNC(=O)[C@@H](Cc1ccccc1)N(Cc1ccccc1F)C(=O)CN(c1cccc(C)c1C)S(=O)(=O)c1ccc(C)cc1. The molecular formula is C36H40FN3O4S. The number of anilines is 1. The number of halogens is 1. The molecule has 0 saturated carbocycles. The third-order valence-electron chi connectivity index (χ3n) is 7.85. The lowest BCUT2D eigenvalue weighted by Gasteiger charge is -2.34. The smallest absolute Gasteiger partial charge is 0.264 e. The molecule has 45 heavy (non-hydrogen) atoms. The summed E-state index contributed by atoms with van der Waals surface area (Å²) in [5, 5.41) is 2.89. The molecule has 0 aliphatic heterocycles. The molecule has 0 spiro atoms. The van der Waals surface area contributed by atoms with Gasteiger partial charge in [-0.25, -0.2) is 12.8 Å². The first-order chi connectivity index (χ1) is 21.5. The van der Waals surface area contributed by atoms with Gasteiger partial charge in [0.05, 0.1) is 10.6 Å². The van der Waals surface area contributed by atoms with Crippen molar-refractivity contribution in [3.63, 3.8) is 0 Å². The van der Waals surface area contributed by atoms with Gasteiger partial charge >= 0.3 is 0 Å². The number of carbonyl (C=O) groups excluding carboxylic acids is 2. The standard InChI is InChI=1S/C36H40FN3O4S/c1-5-22-38-36(42)34(23-29-13-7-6-8-14-29)39(24-30-15-9-10-16-32(30)37)35(41)25-40(33-17-11-12-27(3)28(33)4)45(43,44)31-20-18-26(2)19-21-31/h6-21,34H,5,22-25H2,1-4H3,(H,38,42)/t34-/m1/s1. The van der Waals surface area contributed by atoms with Crippen molar-refractivity contribution in [2.24, 2.45) is 0 Å². The number of nitrogens with one attached hydrogen (secondary N) is 1. The molecule has 0 aliphatic rings. The number of sulfonamides is 1. The number of nitrogens with zero attached hydrogens (tertiary/aromatic N) is 2. The van der Waals surface area contributed by atoms with Crippen LogP contribution in [0.15, 0.2) is 102 Å². The minimum absolute atomic E-state index is 0.0315. The Balaban J connectivity index is 1.83. The molecule has 1 atom stereocenters. The minimum atomic E-state index is -4.23. The van der Waals surface area contributed by atoms with E-state index in [1.165, 1.54) is 23.1 Å². The van der Waals surface area contributed by atoms with Gasteiger partial charge < -0.3 is 10.2 Å². The van der Waals surface area contributed by atoms with E-state index in [4.69, 9.17) is 0 Å². The molecular weight excluding hydrogens is 589 g/mol. The molecule has 7 nitrogen and oxygen atoms in total. The lowest BCUT2D eigenvalue weighted by atomic mass is 10.0. The van der Waals surface area contributed by atoms with Crippen LogP contribution in [-0.4, -0.2) is 44.3 Å². The van der Waals surface area contributed by atoms with Gasteiger partial charge in [-0.2, -0.15) is 0 Å². The molecule has 0 heterocycles. The van der Waals surface area contributed by atoms with Crippen molar-refractivity contribution in [3.05, 3.63) is 131 Å². The van der Waals surface area contributed by atoms with Crippen LogP contribution in [0, 0.1) is 26.6 Å². The highest BCUT2D eigenvalue weighted by atomic mass is 32.2. The lowest BCUT2D eigenvalue weighted by molar-refractivity contribution is -0.140. The molecule has 4 rings (SSSR count). The van der Waals surface area contributed by atoms with E-state index in [-0.39, 0.29) is 23.4 Å². The van der Waals surface area contributed by atoms with Crippen LogP contribution in [-0.2, 0) is 32.6 Å². The molecule has 0 fully saturated rings. The molecule has 0 saturated heterocycles. The van der Waals surface area contributed by atoms with Gasteiger partial charge in [0.15, 0.2) is 0 Å². The molecule has 0 aliphatic carbocycles. The van der Waals surface area contributed by atoms with E-state index in [1.54, 1.807) is 49.4 Å². The van der Waals surface area contributed by atoms with Crippen LogP contribution in [0.5, 0.6) is 0 Å². The molecule has 0 bridgehead atoms. The highest BCUT2D eigenvalue weighted by molar-refractivity contribution is 7.92. The highest BCUT2D eigenvalue weighted by Crippen LogP contribution is 2.29. The normalized spacial score (nSPS) is 11.9. The van der Waals surface area contributed by atoms with Crippen molar-refractivity contribution in [1.82, 2.24) is 10.2 Å². The maximum atomic E-state index is 15.0. The summed E-state index contributed by atoms with van der Waals surface area (Å²) < 4.78 is 44.6. The predicted octanol–water partition coefficient (Wildman–Crippen LogP) is 6.11. The second kappa shape index (κ2) is 15.0. The zero-order valence-electron chi connectivity index (χ0n) is 26.2. The van der Waals surface area contributed by atoms with Gasteiger partial charge in [-0.3, -0.25) is 13.9 Å². The van der Waals surface area contributed by atoms with E-state index in [2.05, 4.69) is 5.32 Å². The number of hydrogen-bond donors (Lipinski definition) is 1. The largest absolute Gasteiger partial charge is 0.354 e. The second-order valence-electron chi connectivity index (χ2n) is 11.2. The molecule has 4 aromatic carbocycles. The van der Waals surface area contributed by atoms with Crippen LogP contribution >= 0.6 is 0 Å². The summed E-state index contributed by atoms with van der Waals surface area (Å²) in [6.45, 7) is 7.03. The van der Waals surface area contributed by atoms with Gasteiger partial charge in [0.1, 0.15) is 18.4 Å². The Morgan fingerprint density at radius 1 is 0.844 bits per heavy atom. The lowest BCUT2D eigenvalue weighted by Crippen LogP contribution is -2.53. The van der Waals surface area contributed by atoms with Crippen LogP contribution < -0.4 is 9.62 Å². The number of carbonyl (C=O) groups is 2. The van der Waals surface area contributed by atoms with Crippen molar-refractivity contribution >= 4 is 27.5 Å². The molecule has 236 valence electrons. The molecule has 9 heteroatoms. The fraction of sp³-hybridized carbons (Fsp3) is 0.278. The summed E-state index contributed by atoms with van der Waals surface area (Å²) in [6, 6.07) is 26.0. The van der Waals surface area contributed by atoms with Crippen LogP contribution in [0.2, 0.25) is 0 Å². The Labute approximate surface area is 265 Å². The van der Waals surface area contributed by atoms with E-state index in [0.717, 1.165) is 21.0 Å². The first kappa shape index (κ1) is 33.4. The molecule has 0 unspecified atom stereocenters.